The molecule has 0 spiro atoms. The molecule has 0 aliphatic rings. The predicted molar refractivity (Wildman–Crippen MR) is 127 cm³/mol. The van der Waals surface area contributed by atoms with Gasteiger partial charge in [-0.05, 0) is 48.1 Å². The van der Waals surface area contributed by atoms with Crippen molar-refractivity contribution in [1.29, 1.82) is 0 Å². The Morgan fingerprint density at radius 3 is 2.26 bits per heavy atom. The molecular weight excluding hydrogens is 458 g/mol. The van der Waals surface area contributed by atoms with E-state index in [9.17, 15) is 13.2 Å². The molecule has 3 rings (SSSR count). The lowest BCUT2D eigenvalue weighted by Gasteiger charge is -2.23. The zero-order valence-corrected chi connectivity index (χ0v) is 20.8. The van der Waals surface area contributed by atoms with E-state index >= 15 is 0 Å². The Labute approximate surface area is 200 Å². The van der Waals surface area contributed by atoms with Gasteiger partial charge in [0.05, 0.1) is 18.8 Å². The van der Waals surface area contributed by atoms with Crippen molar-refractivity contribution in [1.82, 2.24) is 13.8 Å². The molecule has 0 amide bonds. The summed E-state index contributed by atoms with van der Waals surface area (Å²) in [5, 5.41) is 0. The third kappa shape index (κ3) is 6.43. The van der Waals surface area contributed by atoms with Crippen LogP contribution in [-0.4, -0.2) is 48.8 Å². The second-order valence-corrected chi connectivity index (χ2v) is 10.00. The van der Waals surface area contributed by atoms with Crippen LogP contribution in [0.3, 0.4) is 0 Å². The van der Waals surface area contributed by atoms with Gasteiger partial charge in [-0.15, -0.1) is 0 Å². The van der Waals surface area contributed by atoms with Gasteiger partial charge in [0.15, 0.2) is 0 Å². The predicted octanol–water partition coefficient (Wildman–Crippen LogP) is 3.67. The van der Waals surface area contributed by atoms with Crippen molar-refractivity contribution in [2.75, 3.05) is 20.7 Å². The van der Waals surface area contributed by atoms with E-state index in [-0.39, 0.29) is 6.54 Å². The first-order valence-corrected chi connectivity index (χ1v) is 12.1. The van der Waals surface area contributed by atoms with Gasteiger partial charge in [0.2, 0.25) is 5.89 Å². The van der Waals surface area contributed by atoms with Crippen LogP contribution in [0.1, 0.15) is 29.5 Å². The standard InChI is InChI=1S/C24H29N3O6S/c1-17-6-10-21(11-7-17)24-25-23(18(2)32-24)14-15-31-22-12-8-20(9-13-22)16-27(33-19(3)28)34(29,30)26(4)5/h6-13H,14-16H2,1-5H3. The fourth-order valence-corrected chi connectivity index (χ4v) is 3.95. The maximum absolute atomic E-state index is 12.4. The van der Waals surface area contributed by atoms with E-state index in [1.165, 1.54) is 19.7 Å². The molecule has 0 aliphatic carbocycles. The molecule has 0 atom stereocenters. The first-order chi connectivity index (χ1) is 16.1. The molecule has 0 aliphatic heterocycles. The van der Waals surface area contributed by atoms with Crippen LogP contribution >= 0.6 is 0 Å². The van der Waals surface area contributed by atoms with Crippen molar-refractivity contribution >= 4 is 16.2 Å². The molecule has 0 radical (unpaired) electrons. The van der Waals surface area contributed by atoms with Crippen LogP contribution in [-0.2, 0) is 32.8 Å². The van der Waals surface area contributed by atoms with Gasteiger partial charge in [-0.25, -0.2) is 4.98 Å². The topological polar surface area (TPSA) is 102 Å². The van der Waals surface area contributed by atoms with Crippen LogP contribution in [0.25, 0.3) is 11.5 Å². The number of carbonyl (C=O) groups excluding carboxylic acids is 1. The first-order valence-electron chi connectivity index (χ1n) is 10.7. The number of hydroxylamine groups is 1. The number of oxazole rings is 1. The molecule has 0 N–H and O–H groups in total. The summed E-state index contributed by atoms with van der Waals surface area (Å²) < 4.78 is 38.0. The molecule has 0 fully saturated rings. The average Bonchev–Trinajstić information content (AvgIpc) is 3.15. The lowest BCUT2D eigenvalue weighted by molar-refractivity contribution is -0.168. The summed E-state index contributed by atoms with van der Waals surface area (Å²) in [6, 6.07) is 14.9. The van der Waals surface area contributed by atoms with Crippen LogP contribution in [0.2, 0.25) is 0 Å². The monoisotopic (exact) mass is 487 g/mol. The van der Waals surface area contributed by atoms with Crippen LogP contribution in [0.15, 0.2) is 52.9 Å². The number of hydrogen-bond donors (Lipinski definition) is 0. The van der Waals surface area contributed by atoms with E-state index in [1.807, 2.05) is 38.1 Å². The Morgan fingerprint density at radius 2 is 1.68 bits per heavy atom. The summed E-state index contributed by atoms with van der Waals surface area (Å²) in [5.74, 6) is 1.24. The lowest BCUT2D eigenvalue weighted by atomic mass is 10.1. The van der Waals surface area contributed by atoms with Crippen molar-refractivity contribution in [3.05, 3.63) is 71.1 Å². The Kier molecular flexibility index (Phi) is 8.08. The number of nitrogens with zero attached hydrogens (tertiary/aromatic N) is 3. The summed E-state index contributed by atoms with van der Waals surface area (Å²) >= 11 is 0. The molecule has 1 aromatic heterocycles. The minimum atomic E-state index is -3.94. The average molecular weight is 488 g/mol. The zero-order chi connectivity index (χ0) is 24.9. The Morgan fingerprint density at radius 1 is 1.03 bits per heavy atom. The zero-order valence-electron chi connectivity index (χ0n) is 19.9. The van der Waals surface area contributed by atoms with Crippen molar-refractivity contribution in [2.45, 2.75) is 33.7 Å². The number of hydrogen-bond acceptors (Lipinski definition) is 7. The number of carbonyl (C=O) groups is 1. The highest BCUT2D eigenvalue weighted by Crippen LogP contribution is 2.23. The van der Waals surface area contributed by atoms with Crippen LogP contribution in [0.4, 0.5) is 0 Å². The van der Waals surface area contributed by atoms with E-state index in [4.69, 9.17) is 14.0 Å². The number of aryl methyl sites for hydroxylation is 2. The smallest absolute Gasteiger partial charge is 0.323 e. The van der Waals surface area contributed by atoms with Crippen molar-refractivity contribution in [3.8, 4) is 17.2 Å². The molecule has 182 valence electrons. The summed E-state index contributed by atoms with van der Waals surface area (Å²) in [7, 11) is -1.21. The molecule has 3 aromatic rings. The molecule has 0 unspecified atom stereocenters. The molecule has 1 heterocycles. The summed E-state index contributed by atoms with van der Waals surface area (Å²) in [6.45, 7) is 5.33. The number of ether oxygens (including phenoxy) is 1. The molecule has 34 heavy (non-hydrogen) atoms. The highest BCUT2D eigenvalue weighted by Gasteiger charge is 2.28. The van der Waals surface area contributed by atoms with E-state index in [2.05, 4.69) is 4.98 Å². The van der Waals surface area contributed by atoms with E-state index in [1.54, 1.807) is 24.3 Å². The summed E-state index contributed by atoms with van der Waals surface area (Å²) in [5.41, 5.74) is 3.56. The summed E-state index contributed by atoms with van der Waals surface area (Å²) in [6.07, 6.45) is 0.574. The Bertz CT molecular complexity index is 1220. The molecule has 0 bridgehead atoms. The summed E-state index contributed by atoms with van der Waals surface area (Å²) in [4.78, 5) is 20.8. The SMILES string of the molecule is CC(=O)ON(Cc1ccc(OCCc2nc(-c3ccc(C)cc3)oc2C)cc1)S(=O)(=O)N(C)C. The van der Waals surface area contributed by atoms with E-state index < -0.39 is 16.2 Å². The number of aromatic nitrogens is 1. The molecule has 0 saturated heterocycles. The third-order valence-electron chi connectivity index (χ3n) is 4.98. The Balaban J connectivity index is 1.59. The van der Waals surface area contributed by atoms with Gasteiger partial charge >= 0.3 is 16.2 Å². The molecule has 10 heteroatoms. The fourth-order valence-electron chi connectivity index (χ4n) is 3.07. The molecular formula is C24H29N3O6S. The number of benzene rings is 2. The second kappa shape index (κ2) is 10.8. The van der Waals surface area contributed by atoms with Gasteiger partial charge in [-0.2, -0.15) is 12.7 Å². The minimum absolute atomic E-state index is 0.125. The second-order valence-electron chi connectivity index (χ2n) is 7.96. The van der Waals surface area contributed by atoms with Crippen LogP contribution in [0, 0.1) is 13.8 Å². The van der Waals surface area contributed by atoms with Crippen molar-refractivity contribution in [2.24, 2.45) is 0 Å². The maximum atomic E-state index is 12.4. The molecule has 2 aromatic carbocycles. The fraction of sp³-hybridized carbons (Fsp3) is 0.333. The Hall–Kier alpha value is -3.21. The van der Waals surface area contributed by atoms with Gasteiger partial charge in [0.1, 0.15) is 11.5 Å². The largest absolute Gasteiger partial charge is 0.493 e. The van der Waals surface area contributed by atoms with E-state index in [0.29, 0.717) is 34.7 Å². The molecule has 9 nitrogen and oxygen atoms in total. The number of rotatable bonds is 10. The van der Waals surface area contributed by atoms with Gasteiger partial charge in [0.25, 0.3) is 0 Å². The van der Waals surface area contributed by atoms with Crippen LogP contribution in [0.5, 0.6) is 5.75 Å². The quantitative estimate of drug-likeness (QED) is 0.402. The minimum Gasteiger partial charge on any atom is -0.493 e. The van der Waals surface area contributed by atoms with Gasteiger partial charge in [-0.3, -0.25) is 4.79 Å². The van der Waals surface area contributed by atoms with Gasteiger partial charge < -0.3 is 14.0 Å². The van der Waals surface area contributed by atoms with Gasteiger partial charge in [0, 0.05) is 33.0 Å². The highest BCUT2D eigenvalue weighted by molar-refractivity contribution is 7.86. The normalized spacial score (nSPS) is 11.7. The maximum Gasteiger partial charge on any atom is 0.323 e. The van der Waals surface area contributed by atoms with Crippen molar-refractivity contribution < 1.29 is 27.2 Å². The first kappa shape index (κ1) is 25.4. The third-order valence-corrected chi connectivity index (χ3v) is 6.62. The highest BCUT2D eigenvalue weighted by atomic mass is 32.2. The molecule has 0 saturated carbocycles. The van der Waals surface area contributed by atoms with Gasteiger partial charge in [-0.1, -0.05) is 29.8 Å². The van der Waals surface area contributed by atoms with Crippen molar-refractivity contribution in [3.63, 3.8) is 0 Å². The van der Waals surface area contributed by atoms with E-state index in [0.717, 1.165) is 28.2 Å². The van der Waals surface area contributed by atoms with Crippen LogP contribution < -0.4 is 4.74 Å². The lowest BCUT2D eigenvalue weighted by Crippen LogP contribution is -2.40.